The van der Waals surface area contributed by atoms with Crippen LogP contribution in [0.5, 0.6) is 0 Å². The summed E-state index contributed by atoms with van der Waals surface area (Å²) in [7, 11) is 0. The lowest BCUT2D eigenvalue weighted by Crippen LogP contribution is -2.36. The molecule has 2 unspecified atom stereocenters. The summed E-state index contributed by atoms with van der Waals surface area (Å²) in [6.07, 6.45) is 2.31. The maximum Gasteiger partial charge on any atom is 0.123 e. The third kappa shape index (κ3) is 2.64. The Kier molecular flexibility index (Phi) is 3.98. The standard InChI is InChI=1S/C13H17BrFN/c1-2-16-8-7-11(14)9-13(16)10-3-5-12(15)6-4-10/h3-6,11,13H,2,7-9H2,1H3. The highest BCUT2D eigenvalue weighted by Crippen LogP contribution is 2.33. The maximum atomic E-state index is 12.9. The molecule has 0 spiro atoms. The first-order valence-corrected chi connectivity index (χ1v) is 6.76. The van der Waals surface area contributed by atoms with Gasteiger partial charge in [0.25, 0.3) is 0 Å². The van der Waals surface area contributed by atoms with E-state index in [0.29, 0.717) is 10.9 Å². The van der Waals surface area contributed by atoms with Crippen molar-refractivity contribution in [3.8, 4) is 0 Å². The molecular weight excluding hydrogens is 269 g/mol. The summed E-state index contributed by atoms with van der Waals surface area (Å²) >= 11 is 3.70. The molecule has 1 aromatic rings. The number of benzene rings is 1. The zero-order valence-corrected chi connectivity index (χ0v) is 11.1. The number of halogens is 2. The van der Waals surface area contributed by atoms with Crippen LogP contribution in [0.1, 0.15) is 31.4 Å². The van der Waals surface area contributed by atoms with Crippen LogP contribution < -0.4 is 0 Å². The van der Waals surface area contributed by atoms with Crippen molar-refractivity contribution < 1.29 is 4.39 Å². The molecule has 0 aromatic heterocycles. The minimum Gasteiger partial charge on any atom is -0.297 e. The quantitative estimate of drug-likeness (QED) is 0.748. The molecule has 2 rings (SSSR count). The van der Waals surface area contributed by atoms with Gasteiger partial charge in [0, 0.05) is 10.9 Å². The van der Waals surface area contributed by atoms with E-state index >= 15 is 0 Å². The van der Waals surface area contributed by atoms with Crippen LogP contribution in [0.3, 0.4) is 0 Å². The van der Waals surface area contributed by atoms with Crippen LogP contribution in [0.15, 0.2) is 24.3 Å². The zero-order chi connectivity index (χ0) is 11.5. The van der Waals surface area contributed by atoms with Gasteiger partial charge in [-0.15, -0.1) is 0 Å². The first-order chi connectivity index (χ1) is 7.70. The molecule has 2 atom stereocenters. The lowest BCUT2D eigenvalue weighted by molar-refractivity contribution is 0.162. The van der Waals surface area contributed by atoms with E-state index < -0.39 is 0 Å². The normalized spacial score (nSPS) is 26.9. The van der Waals surface area contributed by atoms with Gasteiger partial charge in [0.1, 0.15) is 5.82 Å². The lowest BCUT2D eigenvalue weighted by Gasteiger charge is -2.37. The van der Waals surface area contributed by atoms with Crippen molar-refractivity contribution in [2.24, 2.45) is 0 Å². The molecular formula is C13H17BrFN. The molecule has 1 fully saturated rings. The summed E-state index contributed by atoms with van der Waals surface area (Å²) in [6, 6.07) is 7.37. The van der Waals surface area contributed by atoms with E-state index in [1.807, 2.05) is 12.1 Å². The number of hydrogen-bond donors (Lipinski definition) is 0. The SMILES string of the molecule is CCN1CCC(Br)CC1c1ccc(F)cc1. The number of nitrogens with zero attached hydrogens (tertiary/aromatic N) is 1. The van der Waals surface area contributed by atoms with Gasteiger partial charge in [-0.2, -0.15) is 0 Å². The zero-order valence-electron chi connectivity index (χ0n) is 9.50. The summed E-state index contributed by atoms with van der Waals surface area (Å²) in [6.45, 7) is 4.36. The number of piperidine rings is 1. The second kappa shape index (κ2) is 5.28. The molecule has 0 saturated carbocycles. The molecule has 0 amide bonds. The van der Waals surface area contributed by atoms with Gasteiger partial charge in [-0.1, -0.05) is 35.0 Å². The maximum absolute atomic E-state index is 12.9. The minimum atomic E-state index is -0.155. The largest absolute Gasteiger partial charge is 0.297 e. The molecule has 0 aliphatic carbocycles. The fourth-order valence-electron chi connectivity index (χ4n) is 2.38. The van der Waals surface area contributed by atoms with Crippen molar-refractivity contribution in [1.82, 2.24) is 4.90 Å². The van der Waals surface area contributed by atoms with Crippen LogP contribution in [-0.4, -0.2) is 22.8 Å². The van der Waals surface area contributed by atoms with Crippen LogP contribution in [0.4, 0.5) is 4.39 Å². The van der Waals surface area contributed by atoms with Gasteiger partial charge >= 0.3 is 0 Å². The van der Waals surface area contributed by atoms with Crippen molar-refractivity contribution in [2.75, 3.05) is 13.1 Å². The molecule has 1 aromatic carbocycles. The van der Waals surface area contributed by atoms with Crippen LogP contribution in [0, 0.1) is 5.82 Å². The third-order valence-corrected chi connectivity index (χ3v) is 4.14. The van der Waals surface area contributed by atoms with Gasteiger partial charge in [0.05, 0.1) is 0 Å². The van der Waals surface area contributed by atoms with Crippen LogP contribution in [0.2, 0.25) is 0 Å². The fraction of sp³-hybridized carbons (Fsp3) is 0.538. The minimum absolute atomic E-state index is 0.155. The van der Waals surface area contributed by atoms with E-state index in [9.17, 15) is 4.39 Å². The smallest absolute Gasteiger partial charge is 0.123 e. The highest BCUT2D eigenvalue weighted by molar-refractivity contribution is 9.09. The van der Waals surface area contributed by atoms with E-state index in [1.54, 1.807) is 12.1 Å². The number of hydrogen-bond acceptors (Lipinski definition) is 1. The van der Waals surface area contributed by atoms with Crippen molar-refractivity contribution >= 4 is 15.9 Å². The Morgan fingerprint density at radius 3 is 2.69 bits per heavy atom. The molecule has 1 aliphatic rings. The van der Waals surface area contributed by atoms with Gasteiger partial charge in [-0.3, -0.25) is 4.90 Å². The van der Waals surface area contributed by atoms with Crippen molar-refractivity contribution in [3.05, 3.63) is 35.6 Å². The Bertz CT molecular complexity index is 338. The van der Waals surface area contributed by atoms with Gasteiger partial charge in [-0.05, 0) is 43.6 Å². The molecule has 1 nitrogen and oxygen atoms in total. The van der Waals surface area contributed by atoms with Gasteiger partial charge in [0.2, 0.25) is 0 Å². The molecule has 1 heterocycles. The van der Waals surface area contributed by atoms with E-state index in [1.165, 1.54) is 12.0 Å². The molecule has 88 valence electrons. The van der Waals surface area contributed by atoms with Gasteiger partial charge in [-0.25, -0.2) is 4.39 Å². The summed E-state index contributed by atoms with van der Waals surface area (Å²) in [4.78, 5) is 3.05. The second-order valence-electron chi connectivity index (χ2n) is 4.32. The number of rotatable bonds is 2. The topological polar surface area (TPSA) is 3.24 Å². The van der Waals surface area contributed by atoms with Crippen molar-refractivity contribution in [2.45, 2.75) is 30.6 Å². The predicted octanol–water partition coefficient (Wildman–Crippen LogP) is 3.75. The number of alkyl halides is 1. The lowest BCUT2D eigenvalue weighted by atomic mass is 9.95. The summed E-state index contributed by atoms with van der Waals surface area (Å²) in [5.74, 6) is -0.155. The van der Waals surface area contributed by atoms with Crippen molar-refractivity contribution in [3.63, 3.8) is 0 Å². The summed E-state index contributed by atoms with van der Waals surface area (Å²) in [5, 5.41) is 0. The Labute approximate surface area is 105 Å². The predicted molar refractivity (Wildman–Crippen MR) is 68.3 cm³/mol. The highest BCUT2D eigenvalue weighted by atomic mass is 79.9. The van der Waals surface area contributed by atoms with Gasteiger partial charge < -0.3 is 0 Å². The molecule has 0 N–H and O–H groups in total. The third-order valence-electron chi connectivity index (χ3n) is 3.31. The molecule has 3 heteroatoms. The molecule has 16 heavy (non-hydrogen) atoms. The molecule has 1 aliphatic heterocycles. The van der Waals surface area contributed by atoms with E-state index in [-0.39, 0.29) is 5.82 Å². The second-order valence-corrected chi connectivity index (χ2v) is 5.61. The Morgan fingerprint density at radius 2 is 2.06 bits per heavy atom. The average Bonchev–Trinajstić information content (AvgIpc) is 2.30. The first-order valence-electron chi connectivity index (χ1n) is 5.84. The van der Waals surface area contributed by atoms with Crippen molar-refractivity contribution in [1.29, 1.82) is 0 Å². The molecule has 1 saturated heterocycles. The van der Waals surface area contributed by atoms with Crippen LogP contribution in [-0.2, 0) is 0 Å². The van der Waals surface area contributed by atoms with Gasteiger partial charge in [0.15, 0.2) is 0 Å². The van der Waals surface area contributed by atoms with Crippen LogP contribution >= 0.6 is 15.9 Å². The number of likely N-dealkylation sites (tertiary alicyclic amines) is 1. The Balaban J connectivity index is 2.18. The summed E-state index contributed by atoms with van der Waals surface area (Å²) in [5.41, 5.74) is 1.23. The average molecular weight is 286 g/mol. The molecule has 0 bridgehead atoms. The Hall–Kier alpha value is -0.410. The Morgan fingerprint density at radius 1 is 1.38 bits per heavy atom. The molecule has 0 radical (unpaired) electrons. The van der Waals surface area contributed by atoms with E-state index in [4.69, 9.17) is 0 Å². The monoisotopic (exact) mass is 285 g/mol. The summed E-state index contributed by atoms with van der Waals surface area (Å²) < 4.78 is 12.9. The van der Waals surface area contributed by atoms with E-state index in [2.05, 4.69) is 27.8 Å². The first kappa shape index (κ1) is 12.1. The van der Waals surface area contributed by atoms with E-state index in [0.717, 1.165) is 19.5 Å². The van der Waals surface area contributed by atoms with Crippen LogP contribution in [0.25, 0.3) is 0 Å². The fourth-order valence-corrected chi connectivity index (χ4v) is 2.94. The highest BCUT2D eigenvalue weighted by Gasteiger charge is 2.27.